The van der Waals surface area contributed by atoms with E-state index in [9.17, 15) is 49.3 Å². The molecule has 1 fully saturated rings. The molecule has 2 atom stereocenters. The zero-order valence-electron chi connectivity index (χ0n) is 30.0. The molecule has 0 aliphatic carbocycles. The maximum Gasteiger partial charge on any atom is 0.352 e. The largest absolute Gasteiger partial charge is 0.503 e. The van der Waals surface area contributed by atoms with Gasteiger partial charge >= 0.3 is 11.9 Å². The summed E-state index contributed by atoms with van der Waals surface area (Å²) in [6, 6.07) is -0.383. The van der Waals surface area contributed by atoms with Gasteiger partial charge in [-0.3, -0.25) is 24.1 Å². The predicted molar refractivity (Wildman–Crippen MR) is 203 cm³/mol. The van der Waals surface area contributed by atoms with Gasteiger partial charge in [0.25, 0.3) is 17.7 Å². The van der Waals surface area contributed by atoms with Crippen LogP contribution in [0, 0.1) is 0 Å². The molecule has 1 saturated heterocycles. The van der Waals surface area contributed by atoms with E-state index in [0.29, 0.717) is 27.9 Å². The van der Waals surface area contributed by atoms with E-state index in [1.54, 1.807) is 47.4 Å². The van der Waals surface area contributed by atoms with Crippen molar-refractivity contribution in [1.29, 1.82) is 0 Å². The molecule has 1 unspecified atom stereocenters. The number of aliphatic carboxylic acids is 2. The minimum absolute atomic E-state index is 0.0153. The van der Waals surface area contributed by atoms with Crippen molar-refractivity contribution in [2.75, 3.05) is 31.1 Å². The molecule has 22 nitrogen and oxygen atoms in total. The third-order valence-corrected chi connectivity index (χ3v) is 9.96. The summed E-state index contributed by atoms with van der Waals surface area (Å²) in [7, 11) is 0. The number of nitrogen functional groups attached to an aromatic ring is 1. The topological polar surface area (TPSA) is 330 Å². The molecule has 3 aliphatic rings. The standard InChI is InChI=1S/C33H35N11O11S2/c1-33(2,31(52)53)55-40-22(25-39-32(35)57-41-25)27(48)38-23-28(49)44-24(30(50)51)16(15-56-29(23)44)6-5-11-42-10-4-3-7-17(34)18(13-42)36-8-9-37-26(47)19-12-20(45)21(46)14-43(19)54/h3-7,10,12-14,23,29,34,36,54H,8-9,11,15H2,1-2H3,(H7,35,37,38,39,41,46,47,48,50,51,52,53)/p+1/b6-5+,7-3+,10-4?,18-13?,40-22-/t23-,29?/m1/s1. The molecule has 57 heavy (non-hydrogen) atoms. The summed E-state index contributed by atoms with van der Waals surface area (Å²) in [6.07, 6.45) is 12.4. The lowest BCUT2D eigenvalue weighted by Gasteiger charge is -2.49. The van der Waals surface area contributed by atoms with Gasteiger partial charge in [0.05, 0.1) is 11.9 Å². The predicted octanol–water partition coefficient (Wildman–Crippen LogP) is -1.54. The lowest BCUT2D eigenvalue weighted by molar-refractivity contribution is -0.439. The molecule has 3 aliphatic heterocycles. The molecule has 11 N–H and O–H groups in total. The number of thioether (sulfide) groups is 1. The first-order valence-electron chi connectivity index (χ1n) is 16.6. The fourth-order valence-corrected chi connectivity index (χ4v) is 6.86. The number of carboxylic acids is 2. The highest BCUT2D eigenvalue weighted by Gasteiger charge is 2.54. The Morgan fingerprint density at radius 2 is 1.93 bits per heavy atom. The Labute approximate surface area is 330 Å². The van der Waals surface area contributed by atoms with Crippen molar-refractivity contribution < 1.29 is 53.9 Å². The molecule has 5 rings (SSSR count). The Kier molecular flexibility index (Phi) is 12.5. The van der Waals surface area contributed by atoms with Crippen molar-refractivity contribution in [3.05, 3.63) is 93.2 Å². The number of fused-ring (bicyclic) bond motifs is 1. The second-order valence-electron chi connectivity index (χ2n) is 12.6. The number of carboxylic acid groups (broad SMARTS) is 2. The van der Waals surface area contributed by atoms with E-state index >= 15 is 0 Å². The second kappa shape index (κ2) is 17.2. The number of anilines is 1. The molecule has 0 saturated carbocycles. The summed E-state index contributed by atoms with van der Waals surface area (Å²) >= 11 is 1.95. The highest BCUT2D eigenvalue weighted by atomic mass is 32.2. The van der Waals surface area contributed by atoms with Gasteiger partial charge in [-0.2, -0.15) is 18.7 Å². The molecule has 5 heterocycles. The quantitative estimate of drug-likeness (QED) is 0.0245. The van der Waals surface area contributed by atoms with E-state index in [1.807, 2.05) is 0 Å². The Balaban J connectivity index is 1.24. The maximum absolute atomic E-state index is 13.3. The number of hydrogen-bond acceptors (Lipinski definition) is 17. The third-order valence-electron chi connectivity index (χ3n) is 8.11. The van der Waals surface area contributed by atoms with Gasteiger partial charge in [-0.25, -0.2) is 9.59 Å². The number of carbonyl (C=O) groups excluding carboxylic acids is 3. The number of carbonyl (C=O) groups is 5. The number of nitrogens with zero attached hydrogens (tertiary/aromatic N) is 6. The Bertz CT molecular complexity index is 2290. The first-order valence-corrected chi connectivity index (χ1v) is 18.4. The summed E-state index contributed by atoms with van der Waals surface area (Å²) < 4.78 is 6.00. The number of rotatable bonds is 15. The van der Waals surface area contributed by atoms with Crippen molar-refractivity contribution in [2.45, 2.75) is 30.9 Å². The lowest BCUT2D eigenvalue weighted by atomic mass is 10.0. The highest BCUT2D eigenvalue weighted by Crippen LogP contribution is 2.40. The molecule has 300 valence electrons. The minimum atomic E-state index is -1.84. The molecule has 0 aromatic carbocycles. The number of oxime groups is 1. The average Bonchev–Trinajstić information content (AvgIpc) is 3.58. The van der Waals surface area contributed by atoms with Crippen LogP contribution in [0.15, 0.2) is 81.5 Å². The normalized spacial score (nSPS) is 20.2. The van der Waals surface area contributed by atoms with E-state index in [-0.39, 0.29) is 47.7 Å². The van der Waals surface area contributed by atoms with E-state index in [0.717, 1.165) is 22.5 Å². The van der Waals surface area contributed by atoms with Crippen LogP contribution in [0.1, 0.15) is 30.2 Å². The van der Waals surface area contributed by atoms with Crippen LogP contribution >= 0.6 is 23.3 Å². The molecule has 0 spiro atoms. The van der Waals surface area contributed by atoms with Gasteiger partial charge < -0.3 is 52.8 Å². The van der Waals surface area contributed by atoms with Crippen LogP contribution in [0.4, 0.5) is 5.13 Å². The molecule has 24 heteroatoms. The Morgan fingerprint density at radius 3 is 2.61 bits per heavy atom. The van der Waals surface area contributed by atoms with Crippen LogP contribution in [-0.4, -0.2) is 128 Å². The van der Waals surface area contributed by atoms with Crippen LogP contribution in [0.25, 0.3) is 0 Å². The van der Waals surface area contributed by atoms with Crippen LogP contribution in [-0.2, 0) is 24.0 Å². The highest BCUT2D eigenvalue weighted by molar-refractivity contribution is 8.00. The minimum Gasteiger partial charge on any atom is -0.503 e. The number of amides is 3. The van der Waals surface area contributed by atoms with Gasteiger partial charge in [0.1, 0.15) is 28.5 Å². The zero-order valence-corrected chi connectivity index (χ0v) is 31.6. The number of β-lactam (4-membered cyclic amide) rings is 1. The van der Waals surface area contributed by atoms with Gasteiger partial charge in [0.15, 0.2) is 29.8 Å². The Hall–Kier alpha value is -6.95. The lowest BCUT2D eigenvalue weighted by Crippen LogP contribution is -2.71. The van der Waals surface area contributed by atoms with Crippen molar-refractivity contribution >= 4 is 70.0 Å². The van der Waals surface area contributed by atoms with Crippen molar-refractivity contribution in [3.63, 3.8) is 0 Å². The third kappa shape index (κ3) is 9.48. The van der Waals surface area contributed by atoms with Gasteiger partial charge in [0, 0.05) is 42.5 Å². The smallest absolute Gasteiger partial charge is 0.352 e. The molecule has 0 radical (unpaired) electrons. The SMILES string of the molecule is CC(C)(O/N=C(\C(=O)N[C@@H]1C(=O)N2C(C(=O)O)=C(/C=C/C[N+]3=C/C(NCCNC(=O)c4cc(=O)c(O)cn4O)=C(N)\C=C\C=C3)CSC12)c1nsc(N)n1)C(=O)O. The molecule has 2 aromatic rings. The van der Waals surface area contributed by atoms with Gasteiger partial charge in [-0.15, -0.1) is 11.8 Å². The van der Waals surface area contributed by atoms with E-state index < -0.39 is 63.6 Å². The first-order chi connectivity index (χ1) is 27.0. The number of allylic oxidation sites excluding steroid dienone is 5. The summed E-state index contributed by atoms with van der Waals surface area (Å²) in [6.45, 7) is 2.85. The van der Waals surface area contributed by atoms with Gasteiger partial charge in [-0.1, -0.05) is 17.3 Å². The fraction of sp³-hybridized carbons (Fsp3) is 0.273. The number of aromatic nitrogens is 3. The van der Waals surface area contributed by atoms with Gasteiger partial charge in [-0.05, 0) is 31.6 Å². The van der Waals surface area contributed by atoms with Crippen LogP contribution < -0.4 is 32.8 Å². The molecule has 3 amide bonds. The van der Waals surface area contributed by atoms with E-state index in [4.69, 9.17) is 16.3 Å². The van der Waals surface area contributed by atoms with E-state index in [1.165, 1.54) is 25.6 Å². The molecular formula is C33H36N11O11S2+. The first kappa shape index (κ1) is 41.2. The Morgan fingerprint density at radius 1 is 1.18 bits per heavy atom. The zero-order chi connectivity index (χ0) is 41.6. The van der Waals surface area contributed by atoms with Crippen molar-refractivity contribution in [3.8, 4) is 5.75 Å². The molecule has 0 bridgehead atoms. The summed E-state index contributed by atoms with van der Waals surface area (Å²) in [5.41, 5.74) is 9.18. The number of nitrogens with two attached hydrogens (primary N) is 2. The summed E-state index contributed by atoms with van der Waals surface area (Å²) in [5.74, 6) is -6.03. The summed E-state index contributed by atoms with van der Waals surface area (Å²) in [4.78, 5) is 84.8. The van der Waals surface area contributed by atoms with Crippen molar-refractivity contribution in [2.24, 2.45) is 10.9 Å². The van der Waals surface area contributed by atoms with Gasteiger partial charge in [0.2, 0.25) is 22.6 Å². The van der Waals surface area contributed by atoms with E-state index in [2.05, 4.69) is 30.5 Å². The van der Waals surface area contributed by atoms with Crippen LogP contribution in [0.3, 0.4) is 0 Å². The number of hydrogen-bond donors (Lipinski definition) is 9. The number of nitrogens with one attached hydrogen (secondary N) is 3. The van der Waals surface area contributed by atoms with Crippen LogP contribution in [0.5, 0.6) is 5.75 Å². The number of pyridine rings is 1. The fourth-order valence-electron chi connectivity index (χ4n) is 5.11. The molecular weight excluding hydrogens is 791 g/mol. The van der Waals surface area contributed by atoms with Crippen molar-refractivity contribution in [1.82, 2.24) is 34.9 Å². The summed E-state index contributed by atoms with van der Waals surface area (Å²) in [5, 5.41) is 49.8. The maximum atomic E-state index is 13.3. The molecule has 2 aromatic heterocycles. The van der Waals surface area contributed by atoms with Crippen LogP contribution in [0.2, 0.25) is 0 Å². The number of aromatic hydroxyl groups is 1. The second-order valence-corrected chi connectivity index (χ2v) is 14.5. The monoisotopic (exact) mass is 826 g/mol. The average molecular weight is 827 g/mol.